The Morgan fingerprint density at radius 2 is 2.42 bits per heavy atom. The molecule has 0 aromatic carbocycles. The molecule has 1 heterocycles. The summed E-state index contributed by atoms with van der Waals surface area (Å²) >= 11 is 0. The SMILES string of the molecule is NCC1CCc2noc(N)c2C1. The highest BCUT2D eigenvalue weighted by Gasteiger charge is 2.23. The van der Waals surface area contributed by atoms with Crippen LogP contribution in [-0.4, -0.2) is 11.7 Å². The molecule has 4 N–H and O–H groups in total. The van der Waals surface area contributed by atoms with E-state index < -0.39 is 0 Å². The molecule has 0 saturated carbocycles. The van der Waals surface area contributed by atoms with Crippen molar-refractivity contribution in [3.63, 3.8) is 0 Å². The predicted octanol–water partition coefficient (Wildman–Crippen LogP) is 0.320. The van der Waals surface area contributed by atoms with Crippen molar-refractivity contribution in [2.75, 3.05) is 12.3 Å². The van der Waals surface area contributed by atoms with E-state index in [9.17, 15) is 0 Å². The minimum absolute atomic E-state index is 0.475. The van der Waals surface area contributed by atoms with Crippen molar-refractivity contribution in [2.24, 2.45) is 11.7 Å². The first-order valence-electron chi connectivity index (χ1n) is 4.24. The van der Waals surface area contributed by atoms with Gasteiger partial charge in [0.05, 0.1) is 5.69 Å². The van der Waals surface area contributed by atoms with Crippen molar-refractivity contribution < 1.29 is 4.52 Å². The third-order valence-corrected chi connectivity index (χ3v) is 2.52. The largest absolute Gasteiger partial charge is 0.367 e. The van der Waals surface area contributed by atoms with Crippen LogP contribution in [0.25, 0.3) is 0 Å². The fourth-order valence-electron chi connectivity index (χ4n) is 1.70. The molecule has 66 valence electrons. The smallest absolute Gasteiger partial charge is 0.225 e. The van der Waals surface area contributed by atoms with Gasteiger partial charge in [-0.3, -0.25) is 0 Å². The lowest BCUT2D eigenvalue weighted by Gasteiger charge is -2.18. The number of rotatable bonds is 1. The van der Waals surface area contributed by atoms with Gasteiger partial charge < -0.3 is 16.0 Å². The maximum atomic E-state index is 5.61. The summed E-state index contributed by atoms with van der Waals surface area (Å²) in [5.41, 5.74) is 13.3. The normalized spacial score (nSPS) is 22.2. The van der Waals surface area contributed by atoms with E-state index in [1.54, 1.807) is 0 Å². The van der Waals surface area contributed by atoms with Gasteiger partial charge in [0.15, 0.2) is 0 Å². The maximum Gasteiger partial charge on any atom is 0.225 e. The van der Waals surface area contributed by atoms with Gasteiger partial charge in [0.2, 0.25) is 5.88 Å². The topological polar surface area (TPSA) is 78.1 Å². The molecule has 0 bridgehead atoms. The van der Waals surface area contributed by atoms with E-state index in [4.69, 9.17) is 16.0 Å². The molecule has 0 radical (unpaired) electrons. The number of fused-ring (bicyclic) bond motifs is 1. The molecule has 0 spiro atoms. The van der Waals surface area contributed by atoms with Crippen molar-refractivity contribution in [2.45, 2.75) is 19.3 Å². The number of anilines is 1. The van der Waals surface area contributed by atoms with Crippen molar-refractivity contribution in [1.29, 1.82) is 0 Å². The van der Waals surface area contributed by atoms with Crippen molar-refractivity contribution in [3.8, 4) is 0 Å². The number of hydrogen-bond acceptors (Lipinski definition) is 4. The van der Waals surface area contributed by atoms with Crippen molar-refractivity contribution >= 4 is 5.88 Å². The summed E-state index contributed by atoms with van der Waals surface area (Å²) < 4.78 is 4.90. The van der Waals surface area contributed by atoms with Gasteiger partial charge in [-0.25, -0.2) is 0 Å². The van der Waals surface area contributed by atoms with Gasteiger partial charge >= 0.3 is 0 Å². The maximum absolute atomic E-state index is 5.61. The highest BCUT2D eigenvalue weighted by Crippen LogP contribution is 2.28. The van der Waals surface area contributed by atoms with Crippen LogP contribution in [0.15, 0.2) is 4.52 Å². The zero-order chi connectivity index (χ0) is 8.55. The Balaban J connectivity index is 2.26. The Labute approximate surface area is 70.9 Å². The van der Waals surface area contributed by atoms with Crippen LogP contribution in [-0.2, 0) is 12.8 Å². The second kappa shape index (κ2) is 2.79. The first-order valence-corrected chi connectivity index (χ1v) is 4.24. The van der Waals surface area contributed by atoms with Crippen molar-refractivity contribution in [3.05, 3.63) is 11.3 Å². The molecule has 4 nitrogen and oxygen atoms in total. The summed E-state index contributed by atoms with van der Waals surface area (Å²) in [7, 11) is 0. The Kier molecular flexibility index (Phi) is 1.77. The first-order chi connectivity index (χ1) is 5.81. The van der Waals surface area contributed by atoms with Crippen LogP contribution in [0, 0.1) is 5.92 Å². The molecule has 0 amide bonds. The second-order valence-corrected chi connectivity index (χ2v) is 3.32. The van der Waals surface area contributed by atoms with E-state index in [0.29, 0.717) is 11.8 Å². The second-order valence-electron chi connectivity index (χ2n) is 3.32. The van der Waals surface area contributed by atoms with Crippen LogP contribution in [0.3, 0.4) is 0 Å². The molecule has 4 heteroatoms. The number of hydrogen-bond donors (Lipinski definition) is 2. The molecule has 0 aliphatic heterocycles. The first kappa shape index (κ1) is 7.61. The summed E-state index contributed by atoms with van der Waals surface area (Å²) in [6.45, 7) is 0.726. The highest BCUT2D eigenvalue weighted by atomic mass is 16.5. The number of nitrogen functional groups attached to an aromatic ring is 1. The van der Waals surface area contributed by atoms with Gasteiger partial charge in [-0.05, 0) is 31.7 Å². The van der Waals surface area contributed by atoms with E-state index in [2.05, 4.69) is 5.16 Å². The molecule has 2 rings (SSSR count). The molecule has 1 aromatic rings. The molecule has 1 atom stereocenters. The molecule has 1 aliphatic rings. The fraction of sp³-hybridized carbons (Fsp3) is 0.625. The summed E-state index contributed by atoms with van der Waals surface area (Å²) in [4.78, 5) is 0. The summed E-state index contributed by atoms with van der Waals surface area (Å²) in [6.07, 6.45) is 2.99. The molecule has 1 aromatic heterocycles. The summed E-state index contributed by atoms with van der Waals surface area (Å²) in [5.74, 6) is 1.03. The van der Waals surface area contributed by atoms with E-state index in [1.165, 1.54) is 0 Å². The minimum atomic E-state index is 0.475. The van der Waals surface area contributed by atoms with E-state index >= 15 is 0 Å². The average Bonchev–Trinajstić information content (AvgIpc) is 2.47. The van der Waals surface area contributed by atoms with Crippen LogP contribution in [0.5, 0.6) is 0 Å². The highest BCUT2D eigenvalue weighted by molar-refractivity contribution is 5.40. The lowest BCUT2D eigenvalue weighted by molar-refractivity contribution is 0.421. The third-order valence-electron chi connectivity index (χ3n) is 2.52. The molecule has 1 aliphatic carbocycles. The van der Waals surface area contributed by atoms with Crippen LogP contribution >= 0.6 is 0 Å². The molecule has 1 unspecified atom stereocenters. The molecule has 0 fully saturated rings. The van der Waals surface area contributed by atoms with Crippen LogP contribution in [0.2, 0.25) is 0 Å². The lowest BCUT2D eigenvalue weighted by atomic mass is 9.87. The number of nitrogens with zero attached hydrogens (tertiary/aromatic N) is 1. The monoisotopic (exact) mass is 167 g/mol. The van der Waals surface area contributed by atoms with Gasteiger partial charge in [-0.1, -0.05) is 5.16 Å². The van der Waals surface area contributed by atoms with Gasteiger partial charge in [-0.15, -0.1) is 0 Å². The van der Waals surface area contributed by atoms with Gasteiger partial charge in [0.1, 0.15) is 0 Å². The molecular weight excluding hydrogens is 154 g/mol. The van der Waals surface area contributed by atoms with E-state index in [0.717, 1.165) is 37.1 Å². The molecule has 12 heavy (non-hydrogen) atoms. The number of aryl methyl sites for hydroxylation is 1. The zero-order valence-electron chi connectivity index (χ0n) is 6.92. The zero-order valence-corrected chi connectivity index (χ0v) is 6.92. The van der Waals surface area contributed by atoms with Crippen LogP contribution in [0.1, 0.15) is 17.7 Å². The predicted molar refractivity (Wildman–Crippen MR) is 45.5 cm³/mol. The Morgan fingerprint density at radius 3 is 3.17 bits per heavy atom. The van der Waals surface area contributed by atoms with Gasteiger partial charge in [0.25, 0.3) is 0 Å². The summed E-state index contributed by atoms with van der Waals surface area (Å²) in [5, 5.41) is 3.88. The lowest BCUT2D eigenvalue weighted by Crippen LogP contribution is -2.22. The van der Waals surface area contributed by atoms with Crippen molar-refractivity contribution in [1.82, 2.24) is 5.16 Å². The van der Waals surface area contributed by atoms with Gasteiger partial charge in [0, 0.05) is 5.56 Å². The number of nitrogens with two attached hydrogens (primary N) is 2. The molecule has 0 saturated heterocycles. The standard InChI is InChI=1S/C8H13N3O/c9-4-5-1-2-7-6(3-5)8(10)12-11-7/h5H,1-4,9-10H2. The third kappa shape index (κ3) is 1.08. The summed E-state index contributed by atoms with van der Waals surface area (Å²) in [6, 6.07) is 0. The van der Waals surface area contributed by atoms with Crippen LogP contribution in [0.4, 0.5) is 5.88 Å². The average molecular weight is 167 g/mol. The Bertz CT molecular complexity index is 282. The Morgan fingerprint density at radius 1 is 1.58 bits per heavy atom. The fourth-order valence-corrected chi connectivity index (χ4v) is 1.70. The molecular formula is C8H13N3O. The van der Waals surface area contributed by atoms with Crippen LogP contribution < -0.4 is 11.5 Å². The Hall–Kier alpha value is -1.03. The quantitative estimate of drug-likeness (QED) is 0.631. The van der Waals surface area contributed by atoms with Gasteiger partial charge in [-0.2, -0.15) is 0 Å². The van der Waals surface area contributed by atoms with E-state index in [1.807, 2.05) is 0 Å². The van der Waals surface area contributed by atoms with E-state index in [-0.39, 0.29) is 0 Å². The minimum Gasteiger partial charge on any atom is -0.367 e. The number of aromatic nitrogens is 1.